The fraction of sp³-hybridized carbons (Fsp3) is 0.100. The molecule has 130 valence electrons. The van der Waals surface area contributed by atoms with Crippen molar-refractivity contribution in [2.75, 3.05) is 10.2 Å². The van der Waals surface area contributed by atoms with Crippen molar-refractivity contribution in [3.05, 3.63) is 87.8 Å². The Bertz CT molecular complexity index is 978. The smallest absolute Gasteiger partial charge is 0.258 e. The minimum Gasteiger partial charge on any atom is -0.348 e. The van der Waals surface area contributed by atoms with Gasteiger partial charge >= 0.3 is 0 Å². The summed E-state index contributed by atoms with van der Waals surface area (Å²) in [6.07, 6.45) is 1.76. The van der Waals surface area contributed by atoms with Crippen molar-refractivity contribution in [3.63, 3.8) is 0 Å². The van der Waals surface area contributed by atoms with E-state index in [4.69, 9.17) is 0 Å². The Morgan fingerprint density at radius 2 is 2.00 bits per heavy atom. The Balaban J connectivity index is 1.60. The molecule has 0 aliphatic carbocycles. The lowest BCUT2D eigenvalue weighted by molar-refractivity contribution is 0.102. The largest absolute Gasteiger partial charge is 0.348 e. The highest BCUT2D eigenvalue weighted by atomic mass is 79.9. The molecule has 26 heavy (non-hydrogen) atoms. The highest BCUT2D eigenvalue weighted by Crippen LogP contribution is 2.32. The average molecular weight is 412 g/mol. The number of nitrogens with one attached hydrogen (secondary N) is 1. The SMILES string of the molecule is O=C(Nc1cccc2c1CN(c1ccccn1)C2)c1cc(Br)ccc1F. The van der Waals surface area contributed by atoms with Crippen molar-refractivity contribution in [2.45, 2.75) is 13.1 Å². The number of hydrogen-bond donors (Lipinski definition) is 1. The third-order valence-corrected chi connectivity index (χ3v) is 4.87. The molecular formula is C20H15BrFN3O. The van der Waals surface area contributed by atoms with Crippen LogP contribution < -0.4 is 10.2 Å². The van der Waals surface area contributed by atoms with Gasteiger partial charge in [-0.05, 0) is 47.5 Å². The zero-order valence-corrected chi connectivity index (χ0v) is 15.3. The summed E-state index contributed by atoms with van der Waals surface area (Å²) in [5.41, 5.74) is 2.87. The van der Waals surface area contributed by atoms with Crippen LogP contribution in [0.1, 0.15) is 21.5 Å². The number of amides is 1. The van der Waals surface area contributed by atoms with E-state index >= 15 is 0 Å². The third kappa shape index (κ3) is 3.20. The van der Waals surface area contributed by atoms with Crippen LogP contribution in [0, 0.1) is 5.82 Å². The summed E-state index contributed by atoms with van der Waals surface area (Å²) in [5.74, 6) is -0.124. The van der Waals surface area contributed by atoms with Crippen LogP contribution >= 0.6 is 15.9 Å². The molecule has 0 saturated heterocycles. The summed E-state index contributed by atoms with van der Waals surface area (Å²) in [7, 11) is 0. The minimum absolute atomic E-state index is 0.0107. The summed E-state index contributed by atoms with van der Waals surface area (Å²) in [6.45, 7) is 1.37. The summed E-state index contributed by atoms with van der Waals surface area (Å²) >= 11 is 3.27. The van der Waals surface area contributed by atoms with Crippen molar-refractivity contribution >= 4 is 33.3 Å². The van der Waals surface area contributed by atoms with Gasteiger partial charge in [0, 0.05) is 29.4 Å². The van der Waals surface area contributed by atoms with E-state index in [1.165, 1.54) is 12.1 Å². The second kappa shape index (κ2) is 6.88. The molecule has 3 aromatic rings. The summed E-state index contributed by atoms with van der Waals surface area (Å²) in [5, 5.41) is 2.85. The molecule has 0 fully saturated rings. The number of halogens is 2. The molecule has 1 N–H and O–H groups in total. The number of pyridine rings is 1. The maximum Gasteiger partial charge on any atom is 0.258 e. The first-order valence-electron chi connectivity index (χ1n) is 8.15. The lowest BCUT2D eigenvalue weighted by Gasteiger charge is -2.16. The first kappa shape index (κ1) is 16.7. The fourth-order valence-electron chi connectivity index (χ4n) is 3.10. The highest BCUT2D eigenvalue weighted by Gasteiger charge is 2.24. The lowest BCUT2D eigenvalue weighted by atomic mass is 10.1. The van der Waals surface area contributed by atoms with Crippen LogP contribution in [-0.4, -0.2) is 10.9 Å². The molecule has 4 nitrogen and oxygen atoms in total. The molecule has 1 aromatic heterocycles. The van der Waals surface area contributed by atoms with Crippen molar-refractivity contribution in [1.82, 2.24) is 4.98 Å². The Kier molecular flexibility index (Phi) is 4.42. The van der Waals surface area contributed by atoms with E-state index in [1.807, 2.05) is 36.4 Å². The Labute approximate surface area is 158 Å². The zero-order chi connectivity index (χ0) is 18.1. The quantitative estimate of drug-likeness (QED) is 0.675. The van der Waals surface area contributed by atoms with E-state index in [1.54, 1.807) is 12.3 Å². The molecule has 1 aliphatic rings. The topological polar surface area (TPSA) is 45.2 Å². The van der Waals surface area contributed by atoms with Gasteiger partial charge in [-0.2, -0.15) is 0 Å². The second-order valence-corrected chi connectivity index (χ2v) is 6.98. The average Bonchev–Trinajstić information content (AvgIpc) is 3.10. The van der Waals surface area contributed by atoms with Gasteiger partial charge in [0.1, 0.15) is 11.6 Å². The first-order chi connectivity index (χ1) is 12.6. The zero-order valence-electron chi connectivity index (χ0n) is 13.7. The Hall–Kier alpha value is -2.73. The van der Waals surface area contributed by atoms with Crippen molar-refractivity contribution in [3.8, 4) is 0 Å². The van der Waals surface area contributed by atoms with Crippen LogP contribution in [0.15, 0.2) is 65.3 Å². The van der Waals surface area contributed by atoms with E-state index in [0.29, 0.717) is 16.7 Å². The van der Waals surface area contributed by atoms with Gasteiger partial charge in [-0.3, -0.25) is 4.79 Å². The van der Waals surface area contributed by atoms with Gasteiger partial charge < -0.3 is 10.2 Å². The molecular weight excluding hydrogens is 397 g/mol. The number of anilines is 2. The van der Waals surface area contributed by atoms with Gasteiger partial charge in [-0.25, -0.2) is 9.37 Å². The van der Waals surface area contributed by atoms with E-state index in [9.17, 15) is 9.18 Å². The Morgan fingerprint density at radius 1 is 1.12 bits per heavy atom. The molecule has 2 aromatic carbocycles. The molecule has 0 bridgehead atoms. The maximum absolute atomic E-state index is 14.0. The lowest BCUT2D eigenvalue weighted by Crippen LogP contribution is -2.17. The van der Waals surface area contributed by atoms with E-state index in [0.717, 1.165) is 23.5 Å². The molecule has 0 atom stereocenters. The molecule has 0 saturated carbocycles. The van der Waals surface area contributed by atoms with Gasteiger partial charge in [0.25, 0.3) is 5.91 Å². The number of aromatic nitrogens is 1. The molecule has 2 heterocycles. The number of fused-ring (bicyclic) bond motifs is 1. The summed E-state index contributed by atoms with van der Waals surface area (Å²) in [6, 6.07) is 15.9. The standard InChI is InChI=1S/C20H15BrFN3O/c21-14-7-8-17(22)15(10-14)20(26)24-18-5-3-4-13-11-25(12-16(13)18)19-6-1-2-9-23-19/h1-10H,11-12H2,(H,24,26). The predicted molar refractivity (Wildman–Crippen MR) is 103 cm³/mol. The first-order valence-corrected chi connectivity index (χ1v) is 8.94. The molecule has 1 amide bonds. The number of nitrogens with zero attached hydrogens (tertiary/aromatic N) is 2. The Morgan fingerprint density at radius 3 is 2.81 bits per heavy atom. The van der Waals surface area contributed by atoms with Crippen LogP contribution in [0.5, 0.6) is 0 Å². The van der Waals surface area contributed by atoms with E-state index in [-0.39, 0.29) is 5.56 Å². The van der Waals surface area contributed by atoms with Crippen LogP contribution in [0.2, 0.25) is 0 Å². The minimum atomic E-state index is -0.548. The van der Waals surface area contributed by atoms with Crippen LogP contribution in [0.4, 0.5) is 15.9 Å². The van der Waals surface area contributed by atoms with Crippen LogP contribution in [0.3, 0.4) is 0 Å². The fourth-order valence-corrected chi connectivity index (χ4v) is 3.46. The van der Waals surface area contributed by atoms with Gasteiger partial charge in [0.2, 0.25) is 0 Å². The molecule has 0 unspecified atom stereocenters. The molecule has 0 spiro atoms. The van der Waals surface area contributed by atoms with Gasteiger partial charge in [0.15, 0.2) is 0 Å². The van der Waals surface area contributed by atoms with Crippen molar-refractivity contribution < 1.29 is 9.18 Å². The van der Waals surface area contributed by atoms with Gasteiger partial charge in [-0.15, -0.1) is 0 Å². The monoisotopic (exact) mass is 411 g/mol. The van der Waals surface area contributed by atoms with Crippen molar-refractivity contribution in [1.29, 1.82) is 0 Å². The molecule has 6 heteroatoms. The highest BCUT2D eigenvalue weighted by molar-refractivity contribution is 9.10. The van der Waals surface area contributed by atoms with Gasteiger partial charge in [-0.1, -0.05) is 34.1 Å². The van der Waals surface area contributed by atoms with E-state index in [2.05, 4.69) is 31.1 Å². The number of benzene rings is 2. The number of carbonyl (C=O) groups excluding carboxylic acids is 1. The molecule has 4 rings (SSSR count). The number of rotatable bonds is 3. The second-order valence-electron chi connectivity index (χ2n) is 6.07. The maximum atomic E-state index is 14.0. The summed E-state index contributed by atoms with van der Waals surface area (Å²) in [4.78, 5) is 19.1. The molecule has 0 radical (unpaired) electrons. The van der Waals surface area contributed by atoms with Gasteiger partial charge in [0.05, 0.1) is 5.56 Å². The summed E-state index contributed by atoms with van der Waals surface area (Å²) < 4.78 is 14.6. The van der Waals surface area contributed by atoms with Crippen LogP contribution in [-0.2, 0) is 13.1 Å². The van der Waals surface area contributed by atoms with Crippen LogP contribution in [0.25, 0.3) is 0 Å². The molecule has 1 aliphatic heterocycles. The predicted octanol–water partition coefficient (Wildman–Crippen LogP) is 4.76. The number of carbonyl (C=O) groups is 1. The van der Waals surface area contributed by atoms with E-state index < -0.39 is 11.7 Å². The normalized spacial score (nSPS) is 12.8. The number of hydrogen-bond acceptors (Lipinski definition) is 3. The third-order valence-electron chi connectivity index (χ3n) is 4.38. The van der Waals surface area contributed by atoms with Crippen molar-refractivity contribution in [2.24, 2.45) is 0 Å².